The second-order valence-electron chi connectivity index (χ2n) is 5.39. The first-order valence-electron chi connectivity index (χ1n) is 11.6. The molecule has 1 aliphatic heterocycles. The largest absolute Gasteiger partial charge is 0.379 e. The van der Waals surface area contributed by atoms with Crippen LogP contribution < -0.4 is 5.32 Å². The van der Waals surface area contributed by atoms with Crippen LogP contribution in [0.2, 0.25) is 0 Å². The number of nitrogens with zero attached hydrogens (tertiary/aromatic N) is 4. The molecule has 0 radical (unpaired) electrons. The normalized spacial score (nSPS) is 27.6. The summed E-state index contributed by atoms with van der Waals surface area (Å²) in [7, 11) is 0. The van der Waals surface area contributed by atoms with Crippen molar-refractivity contribution in [1.29, 1.82) is 0 Å². The number of aryl methyl sites for hydroxylation is 1. The Balaban J connectivity index is 1.58. The highest BCUT2D eigenvalue weighted by atomic mass is 32.1. The Morgan fingerprint density at radius 1 is 1.27 bits per heavy atom. The van der Waals surface area contributed by atoms with Gasteiger partial charge in [0.1, 0.15) is 5.82 Å². The molecule has 1 fully saturated rings. The first-order chi connectivity index (χ1) is 15.6. The number of rotatable bonds is 4. The number of hydrogen-bond donors (Lipinski definition) is 1. The molecule has 0 unspecified atom stereocenters. The Kier molecular flexibility index (Phi) is 2.88. The van der Waals surface area contributed by atoms with Gasteiger partial charge in [-0.05, 0) is 19.1 Å². The van der Waals surface area contributed by atoms with Crippen molar-refractivity contribution in [1.82, 2.24) is 19.9 Å². The van der Waals surface area contributed by atoms with Crippen molar-refractivity contribution < 1.29 is 20.5 Å². The molecule has 1 amide bonds. The van der Waals surface area contributed by atoms with Crippen molar-refractivity contribution >= 4 is 34.0 Å². The van der Waals surface area contributed by atoms with Crippen molar-refractivity contribution in [3.63, 3.8) is 0 Å². The Bertz CT molecular complexity index is 1240. The lowest BCUT2D eigenvalue weighted by Crippen LogP contribution is -2.41. The zero-order valence-corrected chi connectivity index (χ0v) is 14.4. The summed E-state index contributed by atoms with van der Waals surface area (Å²) in [6.45, 7) is -11.9. The fourth-order valence-electron chi connectivity index (χ4n) is 2.34. The van der Waals surface area contributed by atoms with Crippen molar-refractivity contribution in [2.45, 2.75) is 6.92 Å². The van der Waals surface area contributed by atoms with Crippen LogP contribution in [-0.4, -0.2) is 58.4 Å². The van der Waals surface area contributed by atoms with E-state index >= 15 is 0 Å². The lowest BCUT2D eigenvalue weighted by Gasteiger charge is -2.25. The third-order valence-corrected chi connectivity index (χ3v) is 4.47. The summed E-state index contributed by atoms with van der Waals surface area (Å²) in [5.74, 6) is -0.840. The molecule has 0 aliphatic carbocycles. The van der Waals surface area contributed by atoms with Gasteiger partial charge in [-0.3, -0.25) is 14.7 Å². The number of nitrogens with one attached hydrogen (secondary N) is 1. The van der Waals surface area contributed by atoms with Crippen LogP contribution in [0.3, 0.4) is 0 Å². The summed E-state index contributed by atoms with van der Waals surface area (Å²) >= 11 is 1.50. The number of fused-ring (bicyclic) bond motifs is 1. The zero-order chi connectivity index (χ0) is 25.1. The Morgan fingerprint density at radius 2 is 2.12 bits per heavy atom. The molecule has 3 aromatic heterocycles. The van der Waals surface area contributed by atoms with Crippen molar-refractivity contribution in [2.75, 3.05) is 38.0 Å². The molecule has 0 atom stereocenters. The number of hydrogen-bond acceptors (Lipinski definition) is 7. The van der Waals surface area contributed by atoms with Crippen LogP contribution in [0.4, 0.5) is 5.82 Å². The number of morpholine rings is 1. The average Bonchev–Trinajstić information content (AvgIpc) is 3.16. The highest BCUT2D eigenvalue weighted by Gasteiger charge is 2.14. The van der Waals surface area contributed by atoms with Gasteiger partial charge in [0.05, 0.1) is 46.7 Å². The average molecular weight is 377 g/mol. The molecule has 0 aromatic carbocycles. The number of ether oxygens (including phenoxy) is 1. The van der Waals surface area contributed by atoms with E-state index in [0.717, 1.165) is 15.4 Å². The molecule has 134 valence electrons. The van der Waals surface area contributed by atoms with Gasteiger partial charge in [-0.25, -0.2) is 9.97 Å². The highest BCUT2D eigenvalue weighted by Crippen LogP contribution is 2.28. The predicted molar refractivity (Wildman–Crippen MR) is 101 cm³/mol. The highest BCUT2D eigenvalue weighted by molar-refractivity contribution is 7.15. The molecule has 0 saturated carbocycles. The molecule has 3 aromatic rings. The maximum Gasteiger partial charge on any atom is 0.239 e. The summed E-state index contributed by atoms with van der Waals surface area (Å²) < 4.78 is 67.2. The molecule has 1 aliphatic rings. The van der Waals surface area contributed by atoms with E-state index in [9.17, 15) is 4.79 Å². The molecule has 4 rings (SSSR count). The maximum absolute atomic E-state index is 12.7. The van der Waals surface area contributed by atoms with E-state index in [0.29, 0.717) is 10.9 Å². The first-order valence-corrected chi connectivity index (χ1v) is 8.42. The molecular weight excluding hydrogens is 350 g/mol. The fraction of sp³-hybridized carbons (Fsp3) is 0.333. The molecule has 4 heterocycles. The molecular formula is C18H19N5O2S. The summed E-state index contributed by atoms with van der Waals surface area (Å²) in [6.07, 6.45) is 4.84. The van der Waals surface area contributed by atoms with E-state index in [1.807, 2.05) is 13.0 Å². The fourth-order valence-corrected chi connectivity index (χ4v) is 3.10. The smallest absolute Gasteiger partial charge is 0.239 e. The molecule has 0 spiro atoms. The van der Waals surface area contributed by atoms with Gasteiger partial charge in [-0.2, -0.15) is 0 Å². The number of pyridine rings is 2. The minimum Gasteiger partial charge on any atom is -0.379 e. The van der Waals surface area contributed by atoms with Crippen molar-refractivity contribution in [2.24, 2.45) is 0 Å². The van der Waals surface area contributed by atoms with Crippen LogP contribution in [0.15, 0.2) is 30.7 Å². The number of anilines is 1. The molecule has 7 nitrogen and oxygen atoms in total. The molecule has 1 saturated heterocycles. The number of amides is 1. The van der Waals surface area contributed by atoms with Gasteiger partial charge in [-0.15, -0.1) is 11.3 Å². The summed E-state index contributed by atoms with van der Waals surface area (Å²) in [4.78, 5) is 26.4. The van der Waals surface area contributed by atoms with Gasteiger partial charge in [0, 0.05) is 41.8 Å². The van der Waals surface area contributed by atoms with Gasteiger partial charge < -0.3 is 10.1 Å². The van der Waals surface area contributed by atoms with Gasteiger partial charge in [0.2, 0.25) is 5.91 Å². The summed E-state index contributed by atoms with van der Waals surface area (Å²) in [5.41, 5.74) is 1.38. The Hall–Kier alpha value is -2.42. The van der Waals surface area contributed by atoms with E-state index in [1.165, 1.54) is 17.5 Å². The summed E-state index contributed by atoms with van der Waals surface area (Å²) in [6, 6.07) is 3.38. The van der Waals surface area contributed by atoms with Gasteiger partial charge >= 0.3 is 0 Å². The third-order valence-electron chi connectivity index (χ3n) is 3.51. The van der Waals surface area contributed by atoms with Crippen LogP contribution in [-0.2, 0) is 9.53 Å². The number of carbonyl (C=O) groups excluding carboxylic acids is 1. The molecule has 26 heavy (non-hydrogen) atoms. The topological polar surface area (TPSA) is 80.2 Å². The quantitative estimate of drug-likeness (QED) is 0.752. The van der Waals surface area contributed by atoms with Gasteiger partial charge in [0.25, 0.3) is 0 Å². The summed E-state index contributed by atoms with van der Waals surface area (Å²) in [5, 5.41) is 3.98. The van der Waals surface area contributed by atoms with E-state index < -0.39 is 38.6 Å². The molecule has 8 heteroatoms. The molecule has 0 bridgehead atoms. The predicted octanol–water partition coefficient (Wildman–Crippen LogP) is 2.33. The monoisotopic (exact) mass is 377 g/mol. The Morgan fingerprint density at radius 3 is 2.88 bits per heavy atom. The van der Waals surface area contributed by atoms with Crippen LogP contribution in [0.25, 0.3) is 21.3 Å². The van der Waals surface area contributed by atoms with E-state index in [2.05, 4.69) is 25.0 Å². The van der Waals surface area contributed by atoms with Crippen LogP contribution in [0.1, 0.15) is 16.0 Å². The number of aromatic nitrogens is 3. The SMILES string of the molecule is [2H]C1([2H])OC([2H])([2H])C([2H])([2H])N(CC(=O)Nc2cc3cc(-c4cnc(C)s4)cnc3cn2)C1([2H])[2H]. The van der Waals surface area contributed by atoms with Crippen molar-refractivity contribution in [3.05, 3.63) is 35.7 Å². The zero-order valence-electron chi connectivity index (χ0n) is 21.6. The third kappa shape index (κ3) is 3.87. The maximum atomic E-state index is 12.7. The van der Waals surface area contributed by atoms with Crippen LogP contribution in [0.5, 0.6) is 0 Å². The standard InChI is InChI=1S/C18H19N5O2S/c1-12-19-10-16(26-12)14-6-13-7-17(21-9-15(13)20-8-14)22-18(24)11-23-2-4-25-5-3-23/h6-10H,2-5,11H2,1H3,(H,21,22,24)/i2D2,3D2,4D2,5D2. The lowest BCUT2D eigenvalue weighted by atomic mass is 10.2. The minimum absolute atomic E-state index is 0.0809. The van der Waals surface area contributed by atoms with E-state index in [1.54, 1.807) is 18.5 Å². The van der Waals surface area contributed by atoms with E-state index in [-0.39, 0.29) is 10.7 Å². The van der Waals surface area contributed by atoms with Gasteiger partial charge in [-0.1, -0.05) is 0 Å². The lowest BCUT2D eigenvalue weighted by molar-refractivity contribution is -0.118. The Labute approximate surface area is 166 Å². The second-order valence-corrected chi connectivity index (χ2v) is 6.63. The van der Waals surface area contributed by atoms with Gasteiger partial charge in [0.15, 0.2) is 0 Å². The minimum atomic E-state index is -3.22. The molecule has 1 N–H and O–H groups in total. The second kappa shape index (κ2) is 7.45. The van der Waals surface area contributed by atoms with Crippen LogP contribution in [0, 0.1) is 6.92 Å². The number of carbonyl (C=O) groups is 1. The number of thiazole rings is 1. The van der Waals surface area contributed by atoms with Crippen molar-refractivity contribution in [3.8, 4) is 10.4 Å². The van der Waals surface area contributed by atoms with Crippen LogP contribution >= 0.6 is 11.3 Å². The first kappa shape index (κ1) is 10.1. The van der Waals surface area contributed by atoms with E-state index in [4.69, 9.17) is 11.0 Å².